The Bertz CT molecular complexity index is 405. The predicted octanol–water partition coefficient (Wildman–Crippen LogP) is 3.00. The first-order valence-electron chi connectivity index (χ1n) is 5.37. The van der Waals surface area contributed by atoms with Crippen LogP contribution in [0.1, 0.15) is 48.2 Å². The van der Waals surface area contributed by atoms with Crippen molar-refractivity contribution in [3.05, 3.63) is 34.9 Å². The molecule has 1 aliphatic carbocycles. The molecule has 0 spiro atoms. The summed E-state index contributed by atoms with van der Waals surface area (Å²) < 4.78 is 0. The van der Waals surface area contributed by atoms with Gasteiger partial charge in [-0.1, -0.05) is 19.9 Å². The quantitative estimate of drug-likeness (QED) is 0.763. The van der Waals surface area contributed by atoms with Gasteiger partial charge in [0.2, 0.25) is 0 Å². The molecule has 2 rings (SSSR count). The minimum Gasteiger partial charge on any atom is -0.478 e. The van der Waals surface area contributed by atoms with Crippen LogP contribution in [0.15, 0.2) is 18.2 Å². The van der Waals surface area contributed by atoms with Crippen LogP contribution in [0.5, 0.6) is 0 Å². The molecule has 80 valence electrons. The van der Waals surface area contributed by atoms with E-state index >= 15 is 0 Å². The van der Waals surface area contributed by atoms with Crippen LogP contribution in [0.4, 0.5) is 0 Å². The molecule has 0 aromatic heterocycles. The highest BCUT2D eigenvalue weighted by molar-refractivity contribution is 5.88. The number of aryl methyl sites for hydroxylation is 1. The van der Waals surface area contributed by atoms with Gasteiger partial charge in [-0.3, -0.25) is 0 Å². The molecule has 0 unspecified atom stereocenters. The van der Waals surface area contributed by atoms with E-state index in [0.717, 1.165) is 12.8 Å². The third kappa shape index (κ3) is 1.76. The van der Waals surface area contributed by atoms with Gasteiger partial charge in [0.15, 0.2) is 0 Å². The Labute approximate surface area is 89.9 Å². The molecule has 0 fully saturated rings. The van der Waals surface area contributed by atoms with Gasteiger partial charge in [0, 0.05) is 0 Å². The third-order valence-electron chi connectivity index (χ3n) is 3.33. The molecular weight excluding hydrogens is 188 g/mol. The molecule has 1 aliphatic rings. The zero-order valence-electron chi connectivity index (χ0n) is 9.21. The summed E-state index contributed by atoms with van der Waals surface area (Å²) in [5.41, 5.74) is 3.14. The van der Waals surface area contributed by atoms with Crippen molar-refractivity contribution in [3.8, 4) is 0 Å². The largest absolute Gasteiger partial charge is 0.478 e. The number of benzene rings is 1. The van der Waals surface area contributed by atoms with Crippen LogP contribution < -0.4 is 0 Å². The van der Waals surface area contributed by atoms with E-state index in [1.807, 2.05) is 12.1 Å². The van der Waals surface area contributed by atoms with E-state index in [4.69, 9.17) is 5.11 Å². The van der Waals surface area contributed by atoms with Gasteiger partial charge in [0.05, 0.1) is 5.56 Å². The minimum atomic E-state index is -0.832. The van der Waals surface area contributed by atoms with Crippen molar-refractivity contribution in [2.24, 2.45) is 0 Å². The summed E-state index contributed by atoms with van der Waals surface area (Å²) in [7, 11) is 0. The first-order valence-corrected chi connectivity index (χ1v) is 5.37. The summed E-state index contributed by atoms with van der Waals surface area (Å²) in [6.45, 7) is 4.46. The van der Waals surface area contributed by atoms with Gasteiger partial charge in [-0.15, -0.1) is 0 Å². The van der Waals surface area contributed by atoms with Crippen molar-refractivity contribution < 1.29 is 9.90 Å². The van der Waals surface area contributed by atoms with Crippen LogP contribution in [0, 0.1) is 0 Å². The van der Waals surface area contributed by atoms with E-state index in [9.17, 15) is 4.79 Å². The Kier molecular flexibility index (Phi) is 2.29. The first-order chi connectivity index (χ1) is 7.00. The molecule has 1 aromatic rings. The van der Waals surface area contributed by atoms with E-state index in [1.54, 1.807) is 6.07 Å². The highest BCUT2D eigenvalue weighted by atomic mass is 16.4. The van der Waals surface area contributed by atoms with Gasteiger partial charge in [-0.25, -0.2) is 4.79 Å². The van der Waals surface area contributed by atoms with Gasteiger partial charge in [0.1, 0.15) is 0 Å². The Hall–Kier alpha value is -1.31. The molecule has 2 nitrogen and oxygen atoms in total. The average Bonchev–Trinajstić information content (AvgIpc) is 2.16. The van der Waals surface area contributed by atoms with Crippen LogP contribution >= 0.6 is 0 Å². The normalized spacial score (nSPS) is 18.3. The van der Waals surface area contributed by atoms with Crippen molar-refractivity contribution in [1.29, 1.82) is 0 Å². The second-order valence-corrected chi connectivity index (χ2v) is 4.91. The van der Waals surface area contributed by atoms with E-state index in [2.05, 4.69) is 13.8 Å². The standard InChI is InChI=1S/C13H16O2/c1-13(2)7-3-4-9-8-10(12(14)15)5-6-11(9)13/h5-6,8H,3-4,7H2,1-2H3,(H,14,15). The molecule has 1 N–H and O–H groups in total. The van der Waals surface area contributed by atoms with E-state index in [1.165, 1.54) is 17.5 Å². The molecule has 15 heavy (non-hydrogen) atoms. The summed E-state index contributed by atoms with van der Waals surface area (Å²) in [6.07, 6.45) is 3.36. The fraction of sp³-hybridized carbons (Fsp3) is 0.462. The van der Waals surface area contributed by atoms with E-state index < -0.39 is 5.97 Å². The lowest BCUT2D eigenvalue weighted by atomic mass is 9.72. The zero-order chi connectivity index (χ0) is 11.1. The van der Waals surface area contributed by atoms with Gasteiger partial charge >= 0.3 is 5.97 Å². The highest BCUT2D eigenvalue weighted by Gasteiger charge is 2.27. The van der Waals surface area contributed by atoms with Crippen molar-refractivity contribution in [1.82, 2.24) is 0 Å². The van der Waals surface area contributed by atoms with Crippen LogP contribution in [0.2, 0.25) is 0 Å². The lowest BCUT2D eigenvalue weighted by Crippen LogP contribution is -2.24. The van der Waals surface area contributed by atoms with Crippen LogP contribution in [-0.2, 0) is 11.8 Å². The molecule has 0 radical (unpaired) electrons. The number of carbonyl (C=O) groups is 1. The van der Waals surface area contributed by atoms with Crippen molar-refractivity contribution in [2.75, 3.05) is 0 Å². The Balaban J connectivity index is 2.50. The summed E-state index contributed by atoms with van der Waals surface area (Å²) in [5.74, 6) is -0.832. The van der Waals surface area contributed by atoms with Crippen LogP contribution in [0.25, 0.3) is 0 Å². The fourth-order valence-corrected chi connectivity index (χ4v) is 2.45. The van der Waals surface area contributed by atoms with Crippen molar-refractivity contribution >= 4 is 5.97 Å². The Morgan fingerprint density at radius 1 is 1.40 bits per heavy atom. The molecule has 0 bridgehead atoms. The number of carboxylic acid groups (broad SMARTS) is 1. The highest BCUT2D eigenvalue weighted by Crippen LogP contribution is 2.36. The fourth-order valence-electron chi connectivity index (χ4n) is 2.45. The van der Waals surface area contributed by atoms with Gasteiger partial charge in [0.25, 0.3) is 0 Å². The monoisotopic (exact) mass is 204 g/mol. The summed E-state index contributed by atoms with van der Waals surface area (Å²) in [4.78, 5) is 10.8. The molecule has 0 saturated carbocycles. The molecule has 2 heteroatoms. The van der Waals surface area contributed by atoms with E-state index in [0.29, 0.717) is 5.56 Å². The number of hydrogen-bond acceptors (Lipinski definition) is 1. The molecule has 0 amide bonds. The predicted molar refractivity (Wildman–Crippen MR) is 59.4 cm³/mol. The maximum Gasteiger partial charge on any atom is 0.335 e. The lowest BCUT2D eigenvalue weighted by Gasteiger charge is -2.32. The van der Waals surface area contributed by atoms with Gasteiger partial charge < -0.3 is 5.11 Å². The lowest BCUT2D eigenvalue weighted by molar-refractivity contribution is 0.0696. The maximum atomic E-state index is 10.8. The Morgan fingerprint density at radius 3 is 2.80 bits per heavy atom. The topological polar surface area (TPSA) is 37.3 Å². The first kappa shape index (κ1) is 10.2. The van der Waals surface area contributed by atoms with Crippen LogP contribution in [-0.4, -0.2) is 11.1 Å². The second-order valence-electron chi connectivity index (χ2n) is 4.91. The Morgan fingerprint density at radius 2 is 2.13 bits per heavy atom. The molecular formula is C13H16O2. The molecule has 0 atom stereocenters. The number of carboxylic acids is 1. The second kappa shape index (κ2) is 3.37. The average molecular weight is 204 g/mol. The maximum absolute atomic E-state index is 10.8. The van der Waals surface area contributed by atoms with Crippen LogP contribution in [0.3, 0.4) is 0 Å². The van der Waals surface area contributed by atoms with Crippen molar-refractivity contribution in [3.63, 3.8) is 0 Å². The molecule has 0 aliphatic heterocycles. The van der Waals surface area contributed by atoms with Crippen molar-refractivity contribution in [2.45, 2.75) is 38.5 Å². The molecule has 0 saturated heterocycles. The third-order valence-corrected chi connectivity index (χ3v) is 3.33. The van der Waals surface area contributed by atoms with E-state index in [-0.39, 0.29) is 5.41 Å². The van der Waals surface area contributed by atoms with Gasteiger partial charge in [-0.05, 0) is 47.9 Å². The molecule has 1 aromatic carbocycles. The number of hydrogen-bond donors (Lipinski definition) is 1. The number of rotatable bonds is 1. The molecule has 0 heterocycles. The smallest absolute Gasteiger partial charge is 0.335 e. The SMILES string of the molecule is CC1(C)CCCc2cc(C(=O)O)ccc21. The summed E-state index contributed by atoms with van der Waals surface area (Å²) in [6, 6.07) is 5.53. The minimum absolute atomic E-state index is 0.199. The zero-order valence-corrected chi connectivity index (χ0v) is 9.21. The number of fused-ring (bicyclic) bond motifs is 1. The van der Waals surface area contributed by atoms with Gasteiger partial charge in [-0.2, -0.15) is 0 Å². The number of aromatic carboxylic acids is 1. The summed E-state index contributed by atoms with van der Waals surface area (Å²) >= 11 is 0. The summed E-state index contributed by atoms with van der Waals surface area (Å²) in [5, 5.41) is 8.92.